The zero-order valence-electron chi connectivity index (χ0n) is 11.0. The van der Waals surface area contributed by atoms with Crippen LogP contribution in [0, 0.1) is 0 Å². The molecule has 0 amide bonds. The van der Waals surface area contributed by atoms with Crippen molar-refractivity contribution >= 4 is 22.9 Å². The van der Waals surface area contributed by atoms with Gasteiger partial charge in [-0.25, -0.2) is 0 Å². The van der Waals surface area contributed by atoms with Gasteiger partial charge in [-0.05, 0) is 17.7 Å². The molecule has 0 aliphatic carbocycles. The van der Waals surface area contributed by atoms with Crippen molar-refractivity contribution < 1.29 is 13.2 Å². The highest BCUT2D eigenvalue weighted by molar-refractivity contribution is 6.33. The van der Waals surface area contributed by atoms with E-state index < -0.39 is 11.2 Å². The van der Waals surface area contributed by atoms with Crippen LogP contribution in [0.4, 0.5) is 18.9 Å². The molecule has 0 heterocycles. The minimum Gasteiger partial charge on any atom is -0.381 e. The van der Waals surface area contributed by atoms with Gasteiger partial charge in [0, 0.05) is 17.8 Å². The Morgan fingerprint density at radius 3 is 1.95 bits per heavy atom. The molecule has 0 unspecified atom stereocenters. The van der Waals surface area contributed by atoms with Crippen molar-refractivity contribution in [1.82, 2.24) is 0 Å². The van der Waals surface area contributed by atoms with Crippen molar-refractivity contribution in [2.45, 2.75) is 6.18 Å². The van der Waals surface area contributed by atoms with Gasteiger partial charge in [-0.3, -0.25) is 0 Å². The van der Waals surface area contributed by atoms with Gasteiger partial charge in [-0.15, -0.1) is 0 Å². The predicted octanol–water partition coefficient (Wildman–Crippen LogP) is 5.31. The number of hydrogen-bond donors (Lipinski definition) is 1. The third-order valence-electron chi connectivity index (χ3n) is 2.88. The van der Waals surface area contributed by atoms with E-state index in [1.807, 2.05) is 6.07 Å². The molecule has 0 radical (unpaired) electrons. The second kappa shape index (κ2) is 6.68. The number of para-hydroxylation sites is 1. The van der Waals surface area contributed by atoms with Crippen molar-refractivity contribution in [1.29, 1.82) is 0 Å². The van der Waals surface area contributed by atoms with Crippen LogP contribution in [0.5, 0.6) is 0 Å². The molecule has 1 nitrogen and oxygen atoms in total. The van der Waals surface area contributed by atoms with Crippen LogP contribution >= 0.6 is 11.6 Å². The van der Waals surface area contributed by atoms with Crippen LogP contribution < -0.4 is 5.32 Å². The van der Waals surface area contributed by atoms with Gasteiger partial charge >= 0.3 is 6.18 Å². The molecule has 0 aliphatic rings. The first-order chi connectivity index (χ1) is 9.98. The Kier molecular flexibility index (Phi) is 4.91. The lowest BCUT2D eigenvalue weighted by atomic mass is 10.1. The third kappa shape index (κ3) is 4.26. The van der Waals surface area contributed by atoms with E-state index in [1.54, 1.807) is 54.6 Å². The average molecular weight is 312 g/mol. The summed E-state index contributed by atoms with van der Waals surface area (Å²) < 4.78 is 38.7. The van der Waals surface area contributed by atoms with Gasteiger partial charge in [0.15, 0.2) is 0 Å². The van der Waals surface area contributed by atoms with E-state index in [1.165, 1.54) is 0 Å². The van der Waals surface area contributed by atoms with E-state index in [2.05, 4.69) is 5.32 Å². The Labute approximate surface area is 126 Å². The summed E-state index contributed by atoms with van der Waals surface area (Å²) in [5.41, 5.74) is 1.20. The molecule has 0 saturated heterocycles. The maximum Gasteiger partial charge on any atom is 0.427 e. The Balaban J connectivity index is 2.30. The molecule has 0 aromatic heterocycles. The zero-order chi connectivity index (χ0) is 15.3. The Morgan fingerprint density at radius 2 is 1.43 bits per heavy atom. The number of rotatable bonds is 4. The second-order valence-electron chi connectivity index (χ2n) is 4.38. The van der Waals surface area contributed by atoms with Gasteiger partial charge < -0.3 is 5.32 Å². The summed E-state index contributed by atoms with van der Waals surface area (Å²) in [6.45, 7) is -0.00757. The van der Waals surface area contributed by atoms with E-state index in [4.69, 9.17) is 11.6 Å². The first-order valence-electron chi connectivity index (χ1n) is 6.28. The molecular weight excluding hydrogens is 299 g/mol. The molecule has 0 atom stereocenters. The maximum absolute atomic E-state index is 12.9. The molecule has 0 spiro atoms. The lowest BCUT2D eigenvalue weighted by Crippen LogP contribution is -2.14. The number of halogens is 4. The van der Waals surface area contributed by atoms with Crippen molar-refractivity contribution in [2.24, 2.45) is 0 Å². The second-order valence-corrected chi connectivity index (χ2v) is 4.75. The lowest BCUT2D eigenvalue weighted by molar-refractivity contribution is -0.0840. The fourth-order valence-corrected chi connectivity index (χ4v) is 2.04. The van der Waals surface area contributed by atoms with Gasteiger partial charge in [0.1, 0.15) is 5.03 Å². The van der Waals surface area contributed by atoms with E-state index in [-0.39, 0.29) is 12.1 Å². The molecule has 0 bridgehead atoms. The minimum absolute atomic E-state index is 0.00757. The first kappa shape index (κ1) is 15.4. The predicted molar refractivity (Wildman–Crippen MR) is 80.2 cm³/mol. The molecule has 21 heavy (non-hydrogen) atoms. The Morgan fingerprint density at radius 1 is 0.905 bits per heavy atom. The first-order valence-corrected chi connectivity index (χ1v) is 6.66. The molecule has 0 aliphatic heterocycles. The maximum atomic E-state index is 12.9. The molecule has 1 N–H and O–H groups in total. The van der Waals surface area contributed by atoms with Gasteiger partial charge in [0.25, 0.3) is 0 Å². The zero-order valence-corrected chi connectivity index (χ0v) is 11.7. The van der Waals surface area contributed by atoms with Crippen molar-refractivity contribution in [3.05, 3.63) is 71.3 Å². The minimum atomic E-state index is -4.56. The summed E-state index contributed by atoms with van der Waals surface area (Å²) in [5, 5.41) is 1.85. The number of anilines is 1. The van der Waals surface area contributed by atoms with Crippen molar-refractivity contribution in [2.75, 3.05) is 11.9 Å². The normalized spacial score (nSPS) is 12.8. The number of nitrogens with one attached hydrogen (secondary N) is 1. The van der Waals surface area contributed by atoms with Crippen LogP contribution in [0.25, 0.3) is 5.57 Å². The molecule has 110 valence electrons. The average Bonchev–Trinajstić information content (AvgIpc) is 2.48. The molecule has 2 aromatic rings. The van der Waals surface area contributed by atoms with Crippen LogP contribution in [0.1, 0.15) is 5.56 Å². The van der Waals surface area contributed by atoms with Crippen molar-refractivity contribution in [3.63, 3.8) is 0 Å². The highest BCUT2D eigenvalue weighted by Crippen LogP contribution is 2.35. The quantitative estimate of drug-likeness (QED) is 0.806. The highest BCUT2D eigenvalue weighted by Gasteiger charge is 2.35. The third-order valence-corrected chi connectivity index (χ3v) is 3.32. The highest BCUT2D eigenvalue weighted by atomic mass is 35.5. The smallest absolute Gasteiger partial charge is 0.381 e. The van der Waals surface area contributed by atoms with E-state index in [0.29, 0.717) is 5.56 Å². The summed E-state index contributed by atoms with van der Waals surface area (Å²) in [6, 6.07) is 17.3. The van der Waals surface area contributed by atoms with Gasteiger partial charge in [-0.2, -0.15) is 13.2 Å². The van der Waals surface area contributed by atoms with Crippen LogP contribution in [0.2, 0.25) is 0 Å². The SMILES string of the molecule is FC(F)(F)/C(Cl)=C(/CNc1ccccc1)c1ccccc1. The van der Waals surface area contributed by atoms with Crippen LogP contribution in [-0.4, -0.2) is 12.7 Å². The van der Waals surface area contributed by atoms with E-state index in [9.17, 15) is 13.2 Å². The largest absolute Gasteiger partial charge is 0.427 e. The standard InChI is InChI=1S/C16H13ClF3N/c17-15(16(18,19)20)14(12-7-3-1-4-8-12)11-21-13-9-5-2-6-10-13/h1-10,21H,11H2/b15-14+. The molecule has 0 saturated carbocycles. The lowest BCUT2D eigenvalue weighted by Gasteiger charge is -2.15. The number of benzene rings is 2. The molecular formula is C16H13ClF3N. The number of hydrogen-bond acceptors (Lipinski definition) is 1. The monoisotopic (exact) mass is 311 g/mol. The molecule has 2 aromatic carbocycles. The number of allylic oxidation sites excluding steroid dienone is 1. The van der Waals surface area contributed by atoms with Gasteiger partial charge in [-0.1, -0.05) is 60.1 Å². The van der Waals surface area contributed by atoms with E-state index in [0.717, 1.165) is 5.69 Å². The summed E-state index contributed by atoms with van der Waals surface area (Å²) in [5.74, 6) is 0. The summed E-state index contributed by atoms with van der Waals surface area (Å²) in [6.07, 6.45) is -4.56. The topological polar surface area (TPSA) is 12.0 Å². The summed E-state index contributed by atoms with van der Waals surface area (Å²) in [4.78, 5) is 0. The number of alkyl halides is 3. The summed E-state index contributed by atoms with van der Waals surface area (Å²) in [7, 11) is 0. The fraction of sp³-hybridized carbons (Fsp3) is 0.125. The Bertz CT molecular complexity index is 606. The van der Waals surface area contributed by atoms with Gasteiger partial charge in [0.2, 0.25) is 0 Å². The van der Waals surface area contributed by atoms with Gasteiger partial charge in [0.05, 0.1) is 0 Å². The van der Waals surface area contributed by atoms with Crippen LogP contribution in [-0.2, 0) is 0 Å². The van der Waals surface area contributed by atoms with Crippen molar-refractivity contribution in [3.8, 4) is 0 Å². The van der Waals surface area contributed by atoms with E-state index >= 15 is 0 Å². The van der Waals surface area contributed by atoms with Crippen LogP contribution in [0.3, 0.4) is 0 Å². The molecule has 5 heteroatoms. The van der Waals surface area contributed by atoms with Crippen LogP contribution in [0.15, 0.2) is 65.7 Å². The molecule has 2 rings (SSSR count). The Hall–Kier alpha value is -1.94. The fourth-order valence-electron chi connectivity index (χ4n) is 1.86. The summed E-state index contributed by atoms with van der Waals surface area (Å²) >= 11 is 5.54. The molecule has 0 fully saturated rings.